The van der Waals surface area contributed by atoms with E-state index in [0.717, 1.165) is 17.7 Å². The summed E-state index contributed by atoms with van der Waals surface area (Å²) in [5, 5.41) is 3.02. The number of rotatable bonds is 1. The molecule has 112 valence electrons. The second kappa shape index (κ2) is 5.18. The Bertz CT molecular complexity index is 779. The summed E-state index contributed by atoms with van der Waals surface area (Å²) in [6.45, 7) is 0. The van der Waals surface area contributed by atoms with Crippen molar-refractivity contribution in [3.8, 4) is 0 Å². The van der Waals surface area contributed by atoms with Crippen molar-refractivity contribution in [1.82, 2.24) is 0 Å². The standard InChI is InChI=1S/C16H9ClF3NO/c17-11-4-1-9(2-5-11)7-13-12-6-3-10(16(18,19)20)8-14(12)21-15(13)22/h1-8H,(H,21,22). The van der Waals surface area contributed by atoms with Gasteiger partial charge in [0.2, 0.25) is 0 Å². The lowest BCUT2D eigenvalue weighted by Crippen LogP contribution is -2.06. The molecule has 1 N–H and O–H groups in total. The summed E-state index contributed by atoms with van der Waals surface area (Å²) in [7, 11) is 0. The van der Waals surface area contributed by atoms with E-state index < -0.39 is 17.6 Å². The van der Waals surface area contributed by atoms with Gasteiger partial charge in [0.1, 0.15) is 0 Å². The molecule has 2 aromatic carbocycles. The van der Waals surface area contributed by atoms with E-state index in [1.165, 1.54) is 6.07 Å². The number of anilines is 1. The Kier molecular flexibility index (Phi) is 3.45. The maximum atomic E-state index is 12.7. The van der Waals surface area contributed by atoms with Crippen molar-refractivity contribution in [2.75, 3.05) is 5.32 Å². The fourth-order valence-electron chi connectivity index (χ4n) is 2.24. The van der Waals surface area contributed by atoms with E-state index in [1.54, 1.807) is 30.3 Å². The Morgan fingerprint density at radius 3 is 2.36 bits per heavy atom. The first kappa shape index (κ1) is 14.7. The van der Waals surface area contributed by atoms with Crippen molar-refractivity contribution in [2.24, 2.45) is 0 Å². The maximum absolute atomic E-state index is 12.7. The first-order valence-corrected chi connectivity index (χ1v) is 6.72. The van der Waals surface area contributed by atoms with Gasteiger partial charge in [0.05, 0.1) is 5.56 Å². The summed E-state index contributed by atoms with van der Waals surface area (Å²) < 4.78 is 38.1. The van der Waals surface area contributed by atoms with E-state index >= 15 is 0 Å². The molecule has 0 atom stereocenters. The summed E-state index contributed by atoms with van der Waals surface area (Å²) in [5.41, 5.74) is 0.889. The van der Waals surface area contributed by atoms with Gasteiger partial charge >= 0.3 is 6.18 Å². The van der Waals surface area contributed by atoms with Crippen molar-refractivity contribution in [3.05, 3.63) is 64.2 Å². The van der Waals surface area contributed by atoms with E-state index in [9.17, 15) is 18.0 Å². The predicted octanol–water partition coefficient (Wildman–Crippen LogP) is 4.85. The van der Waals surface area contributed by atoms with Crippen LogP contribution >= 0.6 is 11.6 Å². The summed E-state index contributed by atoms with van der Waals surface area (Å²) in [5.74, 6) is -0.427. The predicted molar refractivity (Wildman–Crippen MR) is 79.4 cm³/mol. The molecule has 2 nitrogen and oxygen atoms in total. The third-order valence-electron chi connectivity index (χ3n) is 3.31. The zero-order chi connectivity index (χ0) is 15.9. The highest BCUT2D eigenvalue weighted by molar-refractivity contribution is 6.35. The highest BCUT2D eigenvalue weighted by atomic mass is 35.5. The van der Waals surface area contributed by atoms with Crippen molar-refractivity contribution >= 4 is 34.8 Å². The minimum atomic E-state index is -4.44. The number of nitrogens with one attached hydrogen (secondary N) is 1. The minimum absolute atomic E-state index is 0.167. The molecule has 3 rings (SSSR count). The lowest BCUT2D eigenvalue weighted by Gasteiger charge is -2.08. The molecule has 0 unspecified atom stereocenters. The maximum Gasteiger partial charge on any atom is 0.416 e. The molecule has 1 aliphatic heterocycles. The average Bonchev–Trinajstić information content (AvgIpc) is 2.76. The van der Waals surface area contributed by atoms with E-state index in [4.69, 9.17) is 11.6 Å². The topological polar surface area (TPSA) is 29.1 Å². The molecule has 1 amide bonds. The molecule has 1 heterocycles. The third-order valence-corrected chi connectivity index (χ3v) is 3.56. The zero-order valence-electron chi connectivity index (χ0n) is 11.0. The molecule has 0 aliphatic carbocycles. The Morgan fingerprint density at radius 2 is 1.73 bits per heavy atom. The lowest BCUT2D eigenvalue weighted by molar-refractivity contribution is -0.137. The van der Waals surface area contributed by atoms with Gasteiger partial charge in [-0.15, -0.1) is 0 Å². The number of hydrogen-bond acceptors (Lipinski definition) is 1. The number of fused-ring (bicyclic) bond motifs is 1. The molecule has 0 fully saturated rings. The molecule has 22 heavy (non-hydrogen) atoms. The van der Waals surface area contributed by atoms with Gasteiger partial charge in [-0.3, -0.25) is 4.79 Å². The molecular weight excluding hydrogens is 315 g/mol. The number of benzene rings is 2. The van der Waals surface area contributed by atoms with Crippen molar-refractivity contribution < 1.29 is 18.0 Å². The second-order valence-electron chi connectivity index (χ2n) is 4.82. The first-order chi connectivity index (χ1) is 10.3. The van der Waals surface area contributed by atoms with Crippen LogP contribution in [0.5, 0.6) is 0 Å². The van der Waals surface area contributed by atoms with Crippen LogP contribution in [-0.4, -0.2) is 5.91 Å². The van der Waals surface area contributed by atoms with Crippen molar-refractivity contribution in [3.63, 3.8) is 0 Å². The lowest BCUT2D eigenvalue weighted by atomic mass is 10.0. The normalized spacial score (nSPS) is 15.8. The second-order valence-corrected chi connectivity index (χ2v) is 5.26. The van der Waals surface area contributed by atoms with Gasteiger partial charge in [-0.2, -0.15) is 13.2 Å². The van der Waals surface area contributed by atoms with Gasteiger partial charge in [0, 0.05) is 21.8 Å². The van der Waals surface area contributed by atoms with Crippen molar-refractivity contribution in [1.29, 1.82) is 0 Å². The summed E-state index contributed by atoms with van der Waals surface area (Å²) in [6, 6.07) is 10.0. The molecule has 0 aromatic heterocycles. The smallest absolute Gasteiger partial charge is 0.321 e. The van der Waals surface area contributed by atoms with Crippen LogP contribution in [0.1, 0.15) is 16.7 Å². The first-order valence-electron chi connectivity index (χ1n) is 6.35. The molecule has 0 spiro atoms. The Labute approximate surface area is 129 Å². The molecule has 2 aromatic rings. The summed E-state index contributed by atoms with van der Waals surface area (Å²) in [6.07, 6.45) is -2.83. The Hall–Kier alpha value is -2.27. The number of alkyl halides is 3. The van der Waals surface area contributed by atoms with Crippen LogP contribution in [0, 0.1) is 0 Å². The monoisotopic (exact) mass is 323 g/mol. The van der Waals surface area contributed by atoms with E-state index in [0.29, 0.717) is 16.2 Å². The largest absolute Gasteiger partial charge is 0.416 e. The van der Waals surface area contributed by atoms with E-state index in [2.05, 4.69) is 5.32 Å². The molecule has 0 radical (unpaired) electrons. The van der Waals surface area contributed by atoms with Crippen LogP contribution < -0.4 is 5.32 Å². The Balaban J connectivity index is 2.03. The van der Waals surface area contributed by atoms with Gasteiger partial charge in [-0.1, -0.05) is 29.8 Å². The van der Waals surface area contributed by atoms with Gasteiger partial charge in [-0.05, 0) is 35.9 Å². The van der Waals surface area contributed by atoms with Crippen LogP contribution in [0.15, 0.2) is 42.5 Å². The van der Waals surface area contributed by atoms with Gasteiger partial charge in [0.25, 0.3) is 5.91 Å². The SMILES string of the molecule is O=C1Nc2cc(C(F)(F)F)ccc2C1=Cc1ccc(Cl)cc1. The van der Waals surface area contributed by atoms with Gasteiger partial charge in [-0.25, -0.2) is 0 Å². The minimum Gasteiger partial charge on any atom is -0.321 e. The number of halogens is 4. The molecule has 0 saturated carbocycles. The van der Waals surface area contributed by atoms with E-state index in [1.807, 2.05) is 0 Å². The molecule has 1 aliphatic rings. The number of amides is 1. The van der Waals surface area contributed by atoms with Crippen LogP contribution in [0.3, 0.4) is 0 Å². The number of carbonyl (C=O) groups excluding carboxylic acids is 1. The van der Waals surface area contributed by atoms with Crippen LogP contribution in [0.25, 0.3) is 11.6 Å². The van der Waals surface area contributed by atoms with Crippen LogP contribution in [0.2, 0.25) is 5.02 Å². The quantitative estimate of drug-likeness (QED) is 0.747. The molecular formula is C16H9ClF3NO. The van der Waals surface area contributed by atoms with Crippen molar-refractivity contribution in [2.45, 2.75) is 6.18 Å². The molecule has 6 heteroatoms. The van der Waals surface area contributed by atoms with E-state index in [-0.39, 0.29) is 5.69 Å². The summed E-state index contributed by atoms with van der Waals surface area (Å²) >= 11 is 5.79. The third kappa shape index (κ3) is 2.72. The van der Waals surface area contributed by atoms with Gasteiger partial charge < -0.3 is 5.32 Å². The number of carbonyl (C=O) groups is 1. The zero-order valence-corrected chi connectivity index (χ0v) is 11.8. The average molecular weight is 324 g/mol. The molecule has 0 saturated heterocycles. The highest BCUT2D eigenvalue weighted by Crippen LogP contribution is 2.38. The summed E-state index contributed by atoms with van der Waals surface area (Å²) in [4.78, 5) is 12.0. The fourth-order valence-corrected chi connectivity index (χ4v) is 2.37. The van der Waals surface area contributed by atoms with Crippen LogP contribution in [-0.2, 0) is 11.0 Å². The van der Waals surface area contributed by atoms with Gasteiger partial charge in [0.15, 0.2) is 0 Å². The van der Waals surface area contributed by atoms with Crippen LogP contribution in [0.4, 0.5) is 18.9 Å². The fraction of sp³-hybridized carbons (Fsp3) is 0.0625. The Morgan fingerprint density at radius 1 is 1.05 bits per heavy atom. The molecule has 0 bridgehead atoms. The number of hydrogen-bond donors (Lipinski definition) is 1. The highest BCUT2D eigenvalue weighted by Gasteiger charge is 2.33.